The highest BCUT2D eigenvalue weighted by Crippen LogP contribution is 2.11. The van der Waals surface area contributed by atoms with Crippen LogP contribution < -0.4 is 5.32 Å². The van der Waals surface area contributed by atoms with Crippen LogP contribution in [0.25, 0.3) is 0 Å². The number of nitrogens with one attached hydrogen (secondary N) is 1. The molecule has 6 heteroatoms. The number of carboxylic acid groups (broad SMARTS) is 2. The molecule has 0 aliphatic rings. The van der Waals surface area contributed by atoms with Crippen molar-refractivity contribution in [3.05, 3.63) is 34.9 Å². The molecule has 114 valence electrons. The van der Waals surface area contributed by atoms with E-state index >= 15 is 0 Å². The average Bonchev–Trinajstić information content (AvgIpc) is 2.38. The number of aliphatic carboxylic acids is 2. The summed E-state index contributed by atoms with van der Waals surface area (Å²) in [6.07, 6.45) is -0.367. The third-order valence-electron chi connectivity index (χ3n) is 3.14. The SMILES string of the molecule is Cc1ccc(C)c(CC(=O)N[C@@H](CCC(=O)O)C(=O)O)c1. The number of benzene rings is 1. The van der Waals surface area contributed by atoms with Crippen molar-refractivity contribution in [2.75, 3.05) is 0 Å². The number of amides is 1. The summed E-state index contributed by atoms with van der Waals surface area (Å²) < 4.78 is 0. The Labute approximate surface area is 122 Å². The largest absolute Gasteiger partial charge is 0.481 e. The van der Waals surface area contributed by atoms with E-state index in [1.165, 1.54) is 0 Å². The zero-order valence-corrected chi connectivity index (χ0v) is 12.0. The molecule has 3 N–H and O–H groups in total. The lowest BCUT2D eigenvalue weighted by atomic mass is 10.0. The van der Waals surface area contributed by atoms with Gasteiger partial charge in [-0.2, -0.15) is 0 Å². The molecule has 0 aliphatic carbocycles. The predicted octanol–water partition coefficient (Wildman–Crippen LogP) is 1.28. The van der Waals surface area contributed by atoms with E-state index in [-0.39, 0.29) is 19.3 Å². The Hall–Kier alpha value is -2.37. The minimum absolute atomic E-state index is 0.0738. The van der Waals surface area contributed by atoms with Gasteiger partial charge >= 0.3 is 11.9 Å². The molecular weight excluding hydrogens is 274 g/mol. The van der Waals surface area contributed by atoms with Crippen LogP contribution in [0.15, 0.2) is 18.2 Å². The summed E-state index contributed by atoms with van der Waals surface area (Å²) in [5, 5.41) is 19.9. The van der Waals surface area contributed by atoms with Crippen LogP contribution in [0.2, 0.25) is 0 Å². The number of carbonyl (C=O) groups is 3. The fourth-order valence-electron chi connectivity index (χ4n) is 1.93. The summed E-state index contributed by atoms with van der Waals surface area (Å²) in [4.78, 5) is 33.4. The molecule has 1 amide bonds. The lowest BCUT2D eigenvalue weighted by molar-refractivity contribution is -0.143. The number of hydrogen-bond donors (Lipinski definition) is 3. The van der Waals surface area contributed by atoms with Gasteiger partial charge in [-0.15, -0.1) is 0 Å². The summed E-state index contributed by atoms with van der Waals surface area (Å²) >= 11 is 0. The maximum Gasteiger partial charge on any atom is 0.326 e. The van der Waals surface area contributed by atoms with E-state index in [1.807, 2.05) is 32.0 Å². The molecule has 0 unspecified atom stereocenters. The second kappa shape index (κ2) is 7.42. The summed E-state index contributed by atoms with van der Waals surface area (Å²) in [5.74, 6) is -2.75. The molecule has 1 rings (SSSR count). The molecule has 0 aliphatic heterocycles. The molecule has 1 aromatic carbocycles. The standard InChI is InChI=1S/C15H19NO5/c1-9-3-4-10(2)11(7-9)8-13(17)16-12(15(20)21)5-6-14(18)19/h3-4,7,12H,5-6,8H2,1-2H3,(H,16,17)(H,18,19)(H,20,21)/t12-/m0/s1. The normalized spacial score (nSPS) is 11.7. The average molecular weight is 293 g/mol. The first-order valence-corrected chi connectivity index (χ1v) is 6.59. The van der Waals surface area contributed by atoms with E-state index in [0.717, 1.165) is 16.7 Å². The fraction of sp³-hybridized carbons (Fsp3) is 0.400. The molecule has 0 fully saturated rings. The Morgan fingerprint density at radius 3 is 2.43 bits per heavy atom. The van der Waals surface area contributed by atoms with Crippen LogP contribution in [0.1, 0.15) is 29.5 Å². The second-order valence-electron chi connectivity index (χ2n) is 5.00. The first-order valence-electron chi connectivity index (χ1n) is 6.59. The maximum atomic E-state index is 11.9. The van der Waals surface area contributed by atoms with Gasteiger partial charge in [0.25, 0.3) is 0 Å². The first kappa shape index (κ1) is 16.7. The van der Waals surface area contributed by atoms with Gasteiger partial charge in [0.05, 0.1) is 6.42 Å². The predicted molar refractivity (Wildman–Crippen MR) is 76.1 cm³/mol. The maximum absolute atomic E-state index is 11.9. The summed E-state index contributed by atoms with van der Waals surface area (Å²) in [6.45, 7) is 3.79. The Morgan fingerprint density at radius 2 is 1.86 bits per heavy atom. The van der Waals surface area contributed by atoms with Crippen LogP contribution in [0.3, 0.4) is 0 Å². The van der Waals surface area contributed by atoms with Gasteiger partial charge in [0.15, 0.2) is 0 Å². The summed E-state index contributed by atoms with van der Waals surface area (Å²) in [5.41, 5.74) is 2.80. The number of carbonyl (C=O) groups excluding carboxylic acids is 1. The van der Waals surface area contributed by atoms with Gasteiger partial charge in [0.1, 0.15) is 6.04 Å². The summed E-state index contributed by atoms with van der Waals surface area (Å²) in [6, 6.07) is 4.53. The van der Waals surface area contributed by atoms with E-state index in [9.17, 15) is 14.4 Å². The van der Waals surface area contributed by atoms with Crippen LogP contribution in [0.5, 0.6) is 0 Å². The van der Waals surface area contributed by atoms with Gasteiger partial charge in [0.2, 0.25) is 5.91 Å². The van der Waals surface area contributed by atoms with Gasteiger partial charge in [-0.3, -0.25) is 9.59 Å². The number of aryl methyl sites for hydroxylation is 2. The second-order valence-corrected chi connectivity index (χ2v) is 5.00. The Balaban J connectivity index is 2.67. The molecule has 0 spiro atoms. The highest BCUT2D eigenvalue weighted by molar-refractivity contribution is 5.85. The lowest BCUT2D eigenvalue weighted by Gasteiger charge is -2.14. The van der Waals surface area contributed by atoms with E-state index in [1.54, 1.807) is 0 Å². The first-order chi connectivity index (χ1) is 9.79. The molecule has 0 aromatic heterocycles. The zero-order chi connectivity index (χ0) is 16.0. The smallest absolute Gasteiger partial charge is 0.326 e. The van der Waals surface area contributed by atoms with E-state index in [4.69, 9.17) is 10.2 Å². The van der Waals surface area contributed by atoms with Gasteiger partial charge in [-0.05, 0) is 31.4 Å². The van der Waals surface area contributed by atoms with Gasteiger partial charge in [-0.25, -0.2) is 4.79 Å². The third kappa shape index (κ3) is 5.64. The third-order valence-corrected chi connectivity index (χ3v) is 3.14. The van der Waals surface area contributed by atoms with E-state index in [0.29, 0.717) is 0 Å². The van der Waals surface area contributed by atoms with Crippen molar-refractivity contribution < 1.29 is 24.6 Å². The lowest BCUT2D eigenvalue weighted by Crippen LogP contribution is -2.41. The topological polar surface area (TPSA) is 104 Å². The quantitative estimate of drug-likeness (QED) is 0.702. The molecule has 21 heavy (non-hydrogen) atoms. The van der Waals surface area contributed by atoms with Crippen LogP contribution in [-0.4, -0.2) is 34.1 Å². The molecule has 1 atom stereocenters. The molecule has 1 aromatic rings. The van der Waals surface area contributed by atoms with Crippen LogP contribution in [0, 0.1) is 13.8 Å². The molecular formula is C15H19NO5. The van der Waals surface area contributed by atoms with Crippen molar-refractivity contribution in [2.45, 2.75) is 39.2 Å². The Bertz CT molecular complexity index is 553. The van der Waals surface area contributed by atoms with Crippen molar-refractivity contribution in [2.24, 2.45) is 0 Å². The van der Waals surface area contributed by atoms with E-state index in [2.05, 4.69) is 5.32 Å². The molecule has 0 saturated carbocycles. The van der Waals surface area contributed by atoms with Crippen LogP contribution >= 0.6 is 0 Å². The summed E-state index contributed by atoms with van der Waals surface area (Å²) in [7, 11) is 0. The number of carboxylic acids is 2. The molecule has 0 bridgehead atoms. The van der Waals surface area contributed by atoms with Crippen LogP contribution in [0.4, 0.5) is 0 Å². The molecule has 0 saturated heterocycles. The minimum Gasteiger partial charge on any atom is -0.481 e. The highest BCUT2D eigenvalue weighted by Gasteiger charge is 2.21. The van der Waals surface area contributed by atoms with Crippen molar-refractivity contribution in [3.63, 3.8) is 0 Å². The van der Waals surface area contributed by atoms with Crippen molar-refractivity contribution in [3.8, 4) is 0 Å². The van der Waals surface area contributed by atoms with Gasteiger partial charge in [-0.1, -0.05) is 23.8 Å². The molecule has 0 radical (unpaired) electrons. The van der Waals surface area contributed by atoms with Crippen molar-refractivity contribution in [1.29, 1.82) is 0 Å². The fourth-order valence-corrected chi connectivity index (χ4v) is 1.93. The molecule has 0 heterocycles. The molecule has 6 nitrogen and oxygen atoms in total. The van der Waals surface area contributed by atoms with Crippen molar-refractivity contribution in [1.82, 2.24) is 5.32 Å². The minimum atomic E-state index is -1.23. The van der Waals surface area contributed by atoms with Gasteiger partial charge < -0.3 is 15.5 Å². The van der Waals surface area contributed by atoms with Crippen molar-refractivity contribution >= 4 is 17.8 Å². The highest BCUT2D eigenvalue weighted by atomic mass is 16.4. The number of hydrogen-bond acceptors (Lipinski definition) is 3. The number of rotatable bonds is 7. The van der Waals surface area contributed by atoms with Crippen LogP contribution in [-0.2, 0) is 20.8 Å². The Morgan fingerprint density at radius 1 is 1.19 bits per heavy atom. The van der Waals surface area contributed by atoms with E-state index < -0.39 is 23.9 Å². The monoisotopic (exact) mass is 293 g/mol. The Kier molecular flexibility index (Phi) is 5.90. The zero-order valence-electron chi connectivity index (χ0n) is 12.0. The van der Waals surface area contributed by atoms with Gasteiger partial charge in [0, 0.05) is 6.42 Å².